The third-order valence-corrected chi connectivity index (χ3v) is 3.26. The number of nitrogens with two attached hydrogens (primary N) is 1. The van der Waals surface area contributed by atoms with Gasteiger partial charge in [-0.1, -0.05) is 0 Å². The Labute approximate surface area is 98.7 Å². The third-order valence-electron chi connectivity index (χ3n) is 2.32. The highest BCUT2D eigenvalue weighted by Crippen LogP contribution is 2.31. The molecule has 1 aliphatic rings. The van der Waals surface area contributed by atoms with E-state index in [1.165, 1.54) is 0 Å². The number of hydroxylamine groups is 1. The monoisotopic (exact) mass is 244 g/mol. The molecule has 0 aromatic carbocycles. The second-order valence-electron chi connectivity index (χ2n) is 3.50. The van der Waals surface area contributed by atoms with Gasteiger partial charge in [0.1, 0.15) is 0 Å². The standard InChI is InChI=1S/C10H16N2O3S/c1-16-8-5-3-2-4-7(8)10(14)12-15-6-9(11)13/h2-6H2,1H3,(H2,11,13)(H,12,14). The van der Waals surface area contributed by atoms with Crippen LogP contribution in [0.3, 0.4) is 0 Å². The van der Waals surface area contributed by atoms with E-state index >= 15 is 0 Å². The van der Waals surface area contributed by atoms with Gasteiger partial charge in [0.05, 0.1) is 0 Å². The number of carbonyl (C=O) groups is 2. The Bertz CT molecular complexity index is 315. The Balaban J connectivity index is 2.51. The predicted octanol–water partition coefficient (Wildman–Crippen LogP) is 0.711. The largest absolute Gasteiger partial charge is 0.368 e. The minimum atomic E-state index is -0.608. The molecule has 0 fully saturated rings. The highest BCUT2D eigenvalue weighted by Gasteiger charge is 2.18. The van der Waals surface area contributed by atoms with Crippen LogP contribution in [0, 0.1) is 0 Å². The van der Waals surface area contributed by atoms with E-state index in [0.717, 1.165) is 36.2 Å². The van der Waals surface area contributed by atoms with Crippen LogP contribution in [-0.2, 0) is 14.4 Å². The van der Waals surface area contributed by atoms with Crippen LogP contribution in [0.1, 0.15) is 25.7 Å². The minimum Gasteiger partial charge on any atom is -0.368 e. The first-order valence-corrected chi connectivity index (χ1v) is 6.34. The van der Waals surface area contributed by atoms with Crippen LogP contribution in [0.25, 0.3) is 0 Å². The average Bonchev–Trinajstić information content (AvgIpc) is 2.28. The van der Waals surface area contributed by atoms with Crippen molar-refractivity contribution >= 4 is 23.6 Å². The number of rotatable bonds is 5. The number of hydrogen-bond acceptors (Lipinski definition) is 4. The quantitative estimate of drug-likeness (QED) is 0.698. The summed E-state index contributed by atoms with van der Waals surface area (Å²) in [6.07, 6.45) is 5.80. The van der Waals surface area contributed by atoms with E-state index in [0.29, 0.717) is 0 Å². The fraction of sp³-hybridized carbons (Fsp3) is 0.600. The van der Waals surface area contributed by atoms with Gasteiger partial charge in [-0.05, 0) is 36.8 Å². The first-order chi connectivity index (χ1) is 7.65. The van der Waals surface area contributed by atoms with Gasteiger partial charge in [-0.2, -0.15) is 0 Å². The number of allylic oxidation sites excluding steroid dienone is 1. The van der Waals surface area contributed by atoms with Crippen molar-refractivity contribution in [2.45, 2.75) is 25.7 Å². The molecule has 90 valence electrons. The molecule has 0 aromatic heterocycles. The zero-order valence-electron chi connectivity index (χ0n) is 9.25. The maximum Gasteiger partial charge on any atom is 0.271 e. The summed E-state index contributed by atoms with van der Waals surface area (Å²) in [5, 5.41) is 0. The molecule has 1 rings (SSSR count). The lowest BCUT2D eigenvalue weighted by molar-refractivity contribution is -0.135. The van der Waals surface area contributed by atoms with Gasteiger partial charge in [-0.3, -0.25) is 14.4 Å². The van der Waals surface area contributed by atoms with Crippen LogP contribution in [0.15, 0.2) is 10.5 Å². The van der Waals surface area contributed by atoms with Crippen molar-refractivity contribution in [2.24, 2.45) is 5.73 Å². The van der Waals surface area contributed by atoms with Crippen LogP contribution >= 0.6 is 11.8 Å². The Morgan fingerprint density at radius 3 is 2.75 bits per heavy atom. The van der Waals surface area contributed by atoms with Gasteiger partial charge in [-0.15, -0.1) is 11.8 Å². The van der Waals surface area contributed by atoms with Crippen LogP contribution in [-0.4, -0.2) is 24.7 Å². The second kappa shape index (κ2) is 6.55. The van der Waals surface area contributed by atoms with Gasteiger partial charge in [0.25, 0.3) is 5.91 Å². The molecule has 0 spiro atoms. The van der Waals surface area contributed by atoms with Gasteiger partial charge in [0.2, 0.25) is 5.91 Å². The Morgan fingerprint density at radius 1 is 1.44 bits per heavy atom. The number of nitrogens with one attached hydrogen (secondary N) is 1. The van der Waals surface area contributed by atoms with E-state index in [-0.39, 0.29) is 12.5 Å². The van der Waals surface area contributed by atoms with Crippen molar-refractivity contribution in [3.8, 4) is 0 Å². The molecule has 5 nitrogen and oxygen atoms in total. The minimum absolute atomic E-state index is 0.259. The maximum atomic E-state index is 11.7. The Kier molecular flexibility index (Phi) is 5.34. The lowest BCUT2D eigenvalue weighted by Gasteiger charge is -2.17. The molecule has 0 aromatic rings. The van der Waals surface area contributed by atoms with Crippen molar-refractivity contribution in [1.82, 2.24) is 5.48 Å². The van der Waals surface area contributed by atoms with Gasteiger partial charge in [-0.25, -0.2) is 5.48 Å². The van der Waals surface area contributed by atoms with E-state index in [4.69, 9.17) is 5.73 Å². The lowest BCUT2D eigenvalue weighted by atomic mass is 9.99. The molecular formula is C10H16N2O3S. The van der Waals surface area contributed by atoms with Crippen molar-refractivity contribution in [3.05, 3.63) is 10.5 Å². The number of primary amides is 1. The van der Waals surface area contributed by atoms with Crippen LogP contribution in [0.2, 0.25) is 0 Å². The fourth-order valence-corrected chi connectivity index (χ4v) is 2.37. The first-order valence-electron chi connectivity index (χ1n) is 5.11. The Morgan fingerprint density at radius 2 is 2.12 bits per heavy atom. The molecule has 1 aliphatic carbocycles. The number of amides is 2. The summed E-state index contributed by atoms with van der Waals surface area (Å²) in [5.41, 5.74) is 7.88. The first kappa shape index (κ1) is 13.1. The summed E-state index contributed by atoms with van der Waals surface area (Å²) < 4.78 is 0. The zero-order valence-corrected chi connectivity index (χ0v) is 10.1. The molecule has 6 heteroatoms. The summed E-state index contributed by atoms with van der Waals surface area (Å²) in [5.74, 6) is -0.867. The summed E-state index contributed by atoms with van der Waals surface area (Å²) >= 11 is 1.59. The second-order valence-corrected chi connectivity index (χ2v) is 4.40. The summed E-state index contributed by atoms with van der Waals surface area (Å²) in [4.78, 5) is 27.9. The fourth-order valence-electron chi connectivity index (χ4n) is 1.58. The molecule has 0 saturated heterocycles. The zero-order chi connectivity index (χ0) is 12.0. The van der Waals surface area contributed by atoms with Crippen LogP contribution in [0.4, 0.5) is 0 Å². The molecule has 16 heavy (non-hydrogen) atoms. The summed E-state index contributed by atoms with van der Waals surface area (Å²) in [7, 11) is 0. The van der Waals surface area contributed by atoms with Crippen molar-refractivity contribution in [1.29, 1.82) is 0 Å². The summed E-state index contributed by atoms with van der Waals surface area (Å²) in [6, 6.07) is 0. The predicted molar refractivity (Wildman–Crippen MR) is 62.3 cm³/mol. The Hall–Kier alpha value is -1.01. The lowest BCUT2D eigenvalue weighted by Crippen LogP contribution is -2.31. The molecule has 0 unspecified atom stereocenters. The molecule has 0 radical (unpaired) electrons. The van der Waals surface area contributed by atoms with E-state index in [2.05, 4.69) is 10.3 Å². The molecule has 0 atom stereocenters. The van der Waals surface area contributed by atoms with Crippen LogP contribution < -0.4 is 11.2 Å². The smallest absolute Gasteiger partial charge is 0.271 e. The number of thioether (sulfide) groups is 1. The maximum absolute atomic E-state index is 11.7. The molecule has 0 heterocycles. The molecular weight excluding hydrogens is 228 g/mol. The van der Waals surface area contributed by atoms with Gasteiger partial charge >= 0.3 is 0 Å². The molecule has 0 bridgehead atoms. The molecule has 2 amide bonds. The van der Waals surface area contributed by atoms with E-state index in [1.807, 2.05) is 6.26 Å². The average molecular weight is 244 g/mol. The number of hydrogen-bond donors (Lipinski definition) is 2. The highest BCUT2D eigenvalue weighted by atomic mass is 32.2. The highest BCUT2D eigenvalue weighted by molar-refractivity contribution is 8.02. The van der Waals surface area contributed by atoms with E-state index in [9.17, 15) is 9.59 Å². The molecule has 0 saturated carbocycles. The molecule has 3 N–H and O–H groups in total. The van der Waals surface area contributed by atoms with E-state index < -0.39 is 5.91 Å². The topological polar surface area (TPSA) is 81.4 Å². The van der Waals surface area contributed by atoms with Gasteiger partial charge in [0.15, 0.2) is 6.61 Å². The van der Waals surface area contributed by atoms with Crippen molar-refractivity contribution in [3.63, 3.8) is 0 Å². The van der Waals surface area contributed by atoms with Crippen LogP contribution in [0.5, 0.6) is 0 Å². The van der Waals surface area contributed by atoms with Crippen molar-refractivity contribution < 1.29 is 14.4 Å². The van der Waals surface area contributed by atoms with Crippen molar-refractivity contribution in [2.75, 3.05) is 12.9 Å². The molecule has 0 aliphatic heterocycles. The van der Waals surface area contributed by atoms with E-state index in [1.54, 1.807) is 11.8 Å². The number of carbonyl (C=O) groups excluding carboxylic acids is 2. The third kappa shape index (κ3) is 3.86. The normalized spacial score (nSPS) is 16.1. The SMILES string of the molecule is CSC1=C(C(=O)NOCC(N)=O)CCCC1. The van der Waals surface area contributed by atoms with Gasteiger partial charge in [0, 0.05) is 5.57 Å². The van der Waals surface area contributed by atoms with Gasteiger partial charge < -0.3 is 5.73 Å². The summed E-state index contributed by atoms with van der Waals surface area (Å²) in [6.45, 7) is -0.298.